The Hall–Kier alpha value is -1.56. The first-order chi connectivity index (χ1) is 13.3. The van der Waals surface area contributed by atoms with E-state index in [1.54, 1.807) is 0 Å². The largest absolute Gasteiger partial charge is 0.416 e. The second-order valence-corrected chi connectivity index (χ2v) is 6.71. The lowest BCUT2D eigenvalue weighted by molar-refractivity contribution is -0.137. The van der Waals surface area contributed by atoms with Crippen LogP contribution in [0.4, 0.5) is 13.2 Å². The zero-order valence-corrected chi connectivity index (χ0v) is 19.0. The fourth-order valence-corrected chi connectivity index (χ4v) is 3.07. The topological polar surface area (TPSA) is 68.8 Å². The molecule has 0 radical (unpaired) electrons. The average Bonchev–Trinajstić information content (AvgIpc) is 3.07. The molecule has 1 unspecified atom stereocenters. The average molecular weight is 527 g/mol. The molecule has 0 aromatic heterocycles. The van der Waals surface area contributed by atoms with E-state index in [0.717, 1.165) is 37.2 Å². The second-order valence-electron chi connectivity index (χ2n) is 6.71. The van der Waals surface area contributed by atoms with Crippen LogP contribution in [0.5, 0.6) is 0 Å². The van der Waals surface area contributed by atoms with E-state index >= 15 is 0 Å². The molecule has 0 spiro atoms. The molecule has 1 aromatic carbocycles. The summed E-state index contributed by atoms with van der Waals surface area (Å²) in [6, 6.07) is 5.47. The molecule has 164 valence electrons. The van der Waals surface area contributed by atoms with E-state index in [0.29, 0.717) is 25.6 Å². The van der Waals surface area contributed by atoms with Gasteiger partial charge in [-0.05, 0) is 38.0 Å². The summed E-state index contributed by atoms with van der Waals surface area (Å²) in [5, 5.41) is 9.16. The highest BCUT2D eigenvalue weighted by Crippen LogP contribution is 2.29. The smallest absolute Gasteiger partial charge is 0.357 e. The van der Waals surface area contributed by atoms with Gasteiger partial charge < -0.3 is 16.0 Å². The highest BCUT2D eigenvalue weighted by atomic mass is 127. The summed E-state index contributed by atoms with van der Waals surface area (Å²) in [7, 11) is 0. The number of benzene rings is 1. The summed E-state index contributed by atoms with van der Waals surface area (Å²) in [5.41, 5.74) is 0.223. The van der Waals surface area contributed by atoms with Crippen LogP contribution in [0.1, 0.15) is 31.4 Å². The van der Waals surface area contributed by atoms with Gasteiger partial charge in [0, 0.05) is 38.8 Å². The standard InChI is InChI=1S/C19H28F3N5O.HI/c1-3-23-17(28)11-25-18(24-4-2)26-16-9-10-27(13-16)12-14-5-7-15(8-6-14)19(20,21)22;/h5-8,16H,3-4,9-13H2,1-2H3,(H,23,28)(H2,24,25,26);1H. The number of carbonyl (C=O) groups is 1. The van der Waals surface area contributed by atoms with E-state index < -0.39 is 11.7 Å². The molecule has 1 fully saturated rings. The van der Waals surface area contributed by atoms with E-state index in [2.05, 4.69) is 25.8 Å². The molecule has 6 nitrogen and oxygen atoms in total. The van der Waals surface area contributed by atoms with Crippen LogP contribution in [0, 0.1) is 0 Å². The van der Waals surface area contributed by atoms with Crippen molar-refractivity contribution in [1.29, 1.82) is 0 Å². The number of aliphatic imine (C=N–C) groups is 1. The van der Waals surface area contributed by atoms with Crippen LogP contribution >= 0.6 is 24.0 Å². The first-order valence-electron chi connectivity index (χ1n) is 9.51. The van der Waals surface area contributed by atoms with Crippen molar-refractivity contribution in [2.75, 3.05) is 32.7 Å². The molecule has 0 bridgehead atoms. The maximum Gasteiger partial charge on any atom is 0.416 e. The molecular weight excluding hydrogens is 498 g/mol. The van der Waals surface area contributed by atoms with Crippen LogP contribution in [-0.2, 0) is 17.5 Å². The number of alkyl halides is 3. The Morgan fingerprint density at radius 3 is 2.41 bits per heavy atom. The number of nitrogens with zero attached hydrogens (tertiary/aromatic N) is 2. The summed E-state index contributed by atoms with van der Waals surface area (Å²) >= 11 is 0. The van der Waals surface area contributed by atoms with Crippen molar-refractivity contribution < 1.29 is 18.0 Å². The molecule has 0 saturated carbocycles. The summed E-state index contributed by atoms with van der Waals surface area (Å²) in [6.45, 7) is 7.32. The van der Waals surface area contributed by atoms with E-state index in [1.165, 1.54) is 12.1 Å². The van der Waals surface area contributed by atoms with Gasteiger partial charge in [0.2, 0.25) is 5.91 Å². The Balaban J connectivity index is 0.00000420. The van der Waals surface area contributed by atoms with Gasteiger partial charge in [0.05, 0.1) is 5.56 Å². The van der Waals surface area contributed by atoms with Crippen molar-refractivity contribution in [3.8, 4) is 0 Å². The van der Waals surface area contributed by atoms with Gasteiger partial charge >= 0.3 is 6.18 Å². The minimum absolute atomic E-state index is 0. The Kier molecular flexibility index (Phi) is 10.7. The minimum Gasteiger partial charge on any atom is -0.357 e. The molecule has 1 heterocycles. The Morgan fingerprint density at radius 2 is 1.83 bits per heavy atom. The van der Waals surface area contributed by atoms with Crippen LogP contribution in [0.25, 0.3) is 0 Å². The highest BCUT2D eigenvalue weighted by Gasteiger charge is 2.30. The molecule has 10 heteroatoms. The van der Waals surface area contributed by atoms with Gasteiger partial charge in [-0.1, -0.05) is 12.1 Å². The molecule has 1 aromatic rings. The van der Waals surface area contributed by atoms with E-state index in [1.807, 2.05) is 13.8 Å². The minimum atomic E-state index is -4.31. The summed E-state index contributed by atoms with van der Waals surface area (Å²) < 4.78 is 38.0. The number of amides is 1. The van der Waals surface area contributed by atoms with Crippen molar-refractivity contribution in [1.82, 2.24) is 20.9 Å². The maximum absolute atomic E-state index is 12.7. The number of hydrogen-bond acceptors (Lipinski definition) is 3. The highest BCUT2D eigenvalue weighted by molar-refractivity contribution is 14.0. The first-order valence-corrected chi connectivity index (χ1v) is 9.51. The zero-order valence-electron chi connectivity index (χ0n) is 16.7. The lowest BCUT2D eigenvalue weighted by atomic mass is 10.1. The van der Waals surface area contributed by atoms with Crippen LogP contribution in [0.3, 0.4) is 0 Å². The third-order valence-electron chi connectivity index (χ3n) is 4.40. The van der Waals surface area contributed by atoms with Crippen LogP contribution in [0.2, 0.25) is 0 Å². The Bertz CT molecular complexity index is 667. The lowest BCUT2D eigenvalue weighted by Gasteiger charge is -2.19. The number of likely N-dealkylation sites (tertiary alicyclic amines) is 1. The number of halogens is 4. The molecule has 1 atom stereocenters. The molecule has 1 aliphatic heterocycles. The molecule has 1 saturated heterocycles. The van der Waals surface area contributed by atoms with Crippen molar-refractivity contribution in [2.24, 2.45) is 4.99 Å². The molecule has 29 heavy (non-hydrogen) atoms. The quantitative estimate of drug-likeness (QED) is 0.290. The third kappa shape index (κ3) is 8.77. The van der Waals surface area contributed by atoms with Crippen molar-refractivity contribution in [3.63, 3.8) is 0 Å². The Morgan fingerprint density at radius 1 is 1.17 bits per heavy atom. The number of nitrogens with one attached hydrogen (secondary N) is 3. The fraction of sp³-hybridized carbons (Fsp3) is 0.579. The van der Waals surface area contributed by atoms with Crippen LogP contribution < -0.4 is 16.0 Å². The van der Waals surface area contributed by atoms with Gasteiger partial charge in [-0.2, -0.15) is 13.2 Å². The van der Waals surface area contributed by atoms with Crippen molar-refractivity contribution in [3.05, 3.63) is 35.4 Å². The van der Waals surface area contributed by atoms with Crippen LogP contribution in [0.15, 0.2) is 29.3 Å². The SMILES string of the molecule is CCNC(=O)CN=C(NCC)NC1CCN(Cc2ccc(C(F)(F)F)cc2)C1.I. The van der Waals surface area contributed by atoms with E-state index in [-0.39, 0.29) is 42.5 Å². The number of guanidine groups is 1. The van der Waals surface area contributed by atoms with Crippen LogP contribution in [-0.4, -0.2) is 55.5 Å². The summed E-state index contributed by atoms with van der Waals surface area (Å²) in [4.78, 5) is 18.1. The van der Waals surface area contributed by atoms with Gasteiger partial charge in [-0.15, -0.1) is 24.0 Å². The van der Waals surface area contributed by atoms with Gasteiger partial charge in [0.1, 0.15) is 6.54 Å². The van der Waals surface area contributed by atoms with E-state index in [9.17, 15) is 18.0 Å². The monoisotopic (exact) mass is 527 g/mol. The Labute approximate surface area is 186 Å². The third-order valence-corrected chi connectivity index (χ3v) is 4.40. The van der Waals surface area contributed by atoms with Crippen molar-refractivity contribution in [2.45, 2.75) is 39.0 Å². The number of carbonyl (C=O) groups excluding carboxylic acids is 1. The zero-order chi connectivity index (χ0) is 20.6. The number of rotatable bonds is 7. The van der Waals surface area contributed by atoms with Gasteiger partial charge in [0.25, 0.3) is 0 Å². The molecule has 1 amide bonds. The number of hydrogen-bond donors (Lipinski definition) is 3. The molecule has 3 N–H and O–H groups in total. The number of likely N-dealkylation sites (N-methyl/N-ethyl adjacent to an activating group) is 1. The summed E-state index contributed by atoms with van der Waals surface area (Å²) in [5.74, 6) is 0.463. The van der Waals surface area contributed by atoms with Gasteiger partial charge in [-0.3, -0.25) is 9.69 Å². The second kappa shape index (κ2) is 12.2. The fourth-order valence-electron chi connectivity index (χ4n) is 3.07. The predicted molar refractivity (Wildman–Crippen MR) is 118 cm³/mol. The van der Waals surface area contributed by atoms with Gasteiger partial charge in [0.15, 0.2) is 5.96 Å². The molecule has 0 aliphatic carbocycles. The molecule has 1 aliphatic rings. The predicted octanol–water partition coefficient (Wildman–Crippen LogP) is 2.59. The maximum atomic E-state index is 12.7. The van der Waals surface area contributed by atoms with E-state index in [4.69, 9.17) is 0 Å². The van der Waals surface area contributed by atoms with Gasteiger partial charge in [-0.25, -0.2) is 4.99 Å². The molecule has 2 rings (SSSR count). The first kappa shape index (κ1) is 25.5. The molecular formula is C19H29F3IN5O. The lowest BCUT2D eigenvalue weighted by Crippen LogP contribution is -2.45. The summed E-state index contributed by atoms with van der Waals surface area (Å²) in [6.07, 6.45) is -3.41. The van der Waals surface area contributed by atoms with Crippen molar-refractivity contribution >= 4 is 35.8 Å². The normalized spacial score (nSPS) is 17.6.